The number of carbonyl (C=O) groups excluding carboxylic acids is 4. The van der Waals surface area contributed by atoms with Crippen LogP contribution in [-0.4, -0.2) is 96.7 Å². The molecule has 97 heavy (non-hydrogen) atoms. The van der Waals surface area contributed by atoms with E-state index in [-0.39, 0.29) is 25.7 Å². The molecule has 17 nitrogen and oxygen atoms in total. The molecule has 0 aromatic rings. The van der Waals surface area contributed by atoms with Gasteiger partial charge in [0.05, 0.1) is 26.4 Å². The molecule has 0 amide bonds. The van der Waals surface area contributed by atoms with Gasteiger partial charge in [0.15, 0.2) is 12.2 Å². The largest absolute Gasteiger partial charge is 0.472 e. The Balaban J connectivity index is 5.18. The molecule has 0 bridgehead atoms. The van der Waals surface area contributed by atoms with Crippen LogP contribution < -0.4 is 0 Å². The molecule has 0 aromatic carbocycles. The molecule has 0 rings (SSSR count). The van der Waals surface area contributed by atoms with E-state index in [1.807, 2.05) is 0 Å². The van der Waals surface area contributed by atoms with Gasteiger partial charge in [-0.1, -0.05) is 344 Å². The maximum Gasteiger partial charge on any atom is 0.472 e. The number of rotatable bonds is 75. The Morgan fingerprint density at radius 3 is 0.732 bits per heavy atom. The number of carbonyl (C=O) groups is 4. The van der Waals surface area contributed by atoms with E-state index in [2.05, 4.69) is 55.4 Å². The summed E-state index contributed by atoms with van der Waals surface area (Å²) in [6.07, 6.45) is 52.9. The molecule has 0 saturated heterocycles. The first-order valence-corrected chi connectivity index (χ1v) is 43.2. The average Bonchev–Trinajstić information content (AvgIpc) is 1.19. The van der Waals surface area contributed by atoms with Gasteiger partial charge in [0, 0.05) is 25.7 Å². The van der Waals surface area contributed by atoms with Crippen LogP contribution >= 0.6 is 15.6 Å². The highest BCUT2D eigenvalue weighted by molar-refractivity contribution is 7.47. The van der Waals surface area contributed by atoms with E-state index < -0.39 is 97.5 Å². The molecule has 0 aliphatic rings. The summed E-state index contributed by atoms with van der Waals surface area (Å²) in [7, 11) is -9.92. The number of ether oxygens (including phenoxy) is 4. The van der Waals surface area contributed by atoms with Crippen molar-refractivity contribution in [2.75, 3.05) is 39.6 Å². The summed E-state index contributed by atoms with van der Waals surface area (Å²) in [6, 6.07) is 0. The maximum absolute atomic E-state index is 13.1. The van der Waals surface area contributed by atoms with E-state index in [1.165, 1.54) is 186 Å². The number of unbranched alkanes of at least 4 members (excludes halogenated alkanes) is 40. The minimum absolute atomic E-state index is 0.106. The fourth-order valence-corrected chi connectivity index (χ4v) is 13.5. The van der Waals surface area contributed by atoms with Gasteiger partial charge < -0.3 is 33.8 Å². The lowest BCUT2D eigenvalue weighted by molar-refractivity contribution is -0.161. The molecular weight excluding hydrogens is 1270 g/mol. The Labute approximate surface area is 594 Å². The molecule has 6 atom stereocenters. The summed E-state index contributed by atoms with van der Waals surface area (Å²) < 4.78 is 68.5. The van der Waals surface area contributed by atoms with Gasteiger partial charge in [-0.25, -0.2) is 9.13 Å². The fraction of sp³-hybridized carbons (Fsp3) is 0.949. The first kappa shape index (κ1) is 95.1. The predicted molar refractivity (Wildman–Crippen MR) is 395 cm³/mol. The number of phosphoric ester groups is 2. The fourth-order valence-electron chi connectivity index (χ4n) is 11.9. The molecule has 0 saturated carbocycles. The van der Waals surface area contributed by atoms with E-state index in [0.717, 1.165) is 120 Å². The summed E-state index contributed by atoms with van der Waals surface area (Å²) >= 11 is 0. The molecule has 3 unspecified atom stereocenters. The van der Waals surface area contributed by atoms with Gasteiger partial charge in [0.25, 0.3) is 0 Å². The Morgan fingerprint density at radius 2 is 0.495 bits per heavy atom. The molecule has 3 N–H and O–H groups in total. The second-order valence-electron chi connectivity index (χ2n) is 29.8. The van der Waals surface area contributed by atoms with Crippen LogP contribution in [0, 0.1) is 23.7 Å². The summed E-state index contributed by atoms with van der Waals surface area (Å²) in [6.45, 7) is 14.2. The molecule has 19 heteroatoms. The van der Waals surface area contributed by atoms with Gasteiger partial charge >= 0.3 is 39.5 Å². The van der Waals surface area contributed by atoms with Crippen molar-refractivity contribution in [1.82, 2.24) is 0 Å². The van der Waals surface area contributed by atoms with Crippen LogP contribution in [0.15, 0.2) is 0 Å². The lowest BCUT2D eigenvalue weighted by atomic mass is 10.00. The first-order valence-electron chi connectivity index (χ1n) is 40.2. The standard InChI is InChI=1S/C78H152O17P2/c1-9-71(8)57-49-41-36-37-43-51-59-76(81)89-65-74(95-78(83)61-53-45-34-28-24-20-16-18-22-26-31-39-47-55-69(4)5)67-93-97(86,87)91-63-72(79)62-90-96(84,85)92-66-73(64-88-75(80)58-50-42-35-29-32-40-48-56-70(6)7)94-77(82)60-52-44-33-27-23-19-15-13-11-10-12-14-17-21-25-30-38-46-54-68(2)3/h68-74,79H,9-67H2,1-8H3,(H,84,85)(H,86,87)/t71?,72-,73-,74-/m1/s1. The van der Waals surface area contributed by atoms with E-state index in [1.54, 1.807) is 0 Å². The van der Waals surface area contributed by atoms with Crippen molar-refractivity contribution in [3.8, 4) is 0 Å². The summed E-state index contributed by atoms with van der Waals surface area (Å²) in [5.41, 5.74) is 0. The number of phosphoric acid groups is 2. The van der Waals surface area contributed by atoms with Gasteiger partial charge in [-0.15, -0.1) is 0 Å². The van der Waals surface area contributed by atoms with Gasteiger partial charge in [0.2, 0.25) is 0 Å². The molecule has 576 valence electrons. The monoisotopic (exact) mass is 1420 g/mol. The number of esters is 4. The Morgan fingerprint density at radius 1 is 0.289 bits per heavy atom. The predicted octanol–water partition coefficient (Wildman–Crippen LogP) is 22.8. The molecule has 0 aliphatic heterocycles. The van der Waals surface area contributed by atoms with Crippen LogP contribution in [0.5, 0.6) is 0 Å². The van der Waals surface area contributed by atoms with Gasteiger partial charge in [-0.05, 0) is 49.4 Å². The SMILES string of the molecule is CCC(C)CCCCCCCCC(=O)OC[C@H](COP(=O)(O)OC[C@H](O)COP(=O)(O)OC[C@@H](COC(=O)CCCCCCCCCC(C)C)OC(=O)CCCCCCCCCCCCCCCCCCCCC(C)C)OC(=O)CCCCCCCCCCCCCCCC(C)C. The quantitative estimate of drug-likeness (QED) is 0.0222. The lowest BCUT2D eigenvalue weighted by Gasteiger charge is -2.21. The van der Waals surface area contributed by atoms with Crippen molar-refractivity contribution in [2.24, 2.45) is 23.7 Å². The van der Waals surface area contributed by atoms with E-state index in [4.69, 9.17) is 37.0 Å². The topological polar surface area (TPSA) is 237 Å². The van der Waals surface area contributed by atoms with Crippen LogP contribution in [-0.2, 0) is 65.4 Å². The highest BCUT2D eigenvalue weighted by atomic mass is 31.2. The van der Waals surface area contributed by atoms with Gasteiger partial charge in [0.1, 0.15) is 19.3 Å². The van der Waals surface area contributed by atoms with E-state index in [9.17, 15) is 43.2 Å². The zero-order chi connectivity index (χ0) is 71.7. The highest BCUT2D eigenvalue weighted by Gasteiger charge is 2.30. The molecule has 0 aliphatic carbocycles. The molecule has 0 fully saturated rings. The number of aliphatic hydroxyl groups is 1. The van der Waals surface area contributed by atoms with E-state index in [0.29, 0.717) is 31.6 Å². The Hall–Kier alpha value is -1.94. The number of hydrogen-bond acceptors (Lipinski definition) is 15. The minimum Gasteiger partial charge on any atom is -0.462 e. The summed E-state index contributed by atoms with van der Waals surface area (Å²) in [5.74, 6) is 0.922. The normalized spacial score (nSPS) is 14.4. The third-order valence-corrected chi connectivity index (χ3v) is 20.3. The Bertz CT molecular complexity index is 1900. The highest BCUT2D eigenvalue weighted by Crippen LogP contribution is 2.45. The van der Waals surface area contributed by atoms with Crippen LogP contribution in [0.25, 0.3) is 0 Å². The van der Waals surface area contributed by atoms with Crippen LogP contribution in [0.4, 0.5) is 0 Å². The molecule has 0 aromatic heterocycles. The van der Waals surface area contributed by atoms with E-state index >= 15 is 0 Å². The lowest BCUT2D eigenvalue weighted by Crippen LogP contribution is -2.30. The van der Waals surface area contributed by atoms with Crippen molar-refractivity contribution in [3.05, 3.63) is 0 Å². The number of aliphatic hydroxyl groups excluding tert-OH is 1. The van der Waals surface area contributed by atoms with Crippen molar-refractivity contribution in [1.29, 1.82) is 0 Å². The summed E-state index contributed by atoms with van der Waals surface area (Å²) in [4.78, 5) is 72.8. The van der Waals surface area contributed by atoms with Gasteiger partial charge in [-0.2, -0.15) is 0 Å². The second-order valence-corrected chi connectivity index (χ2v) is 32.7. The van der Waals surface area contributed by atoms with Gasteiger partial charge in [-0.3, -0.25) is 37.3 Å². The zero-order valence-electron chi connectivity index (χ0n) is 63.7. The first-order chi connectivity index (χ1) is 46.6. The van der Waals surface area contributed by atoms with Crippen molar-refractivity contribution < 1.29 is 80.2 Å². The third kappa shape index (κ3) is 70.9. The van der Waals surface area contributed by atoms with Crippen molar-refractivity contribution in [3.63, 3.8) is 0 Å². The molecule has 0 spiro atoms. The molecule has 0 heterocycles. The smallest absolute Gasteiger partial charge is 0.462 e. The van der Waals surface area contributed by atoms with Crippen LogP contribution in [0.2, 0.25) is 0 Å². The third-order valence-electron chi connectivity index (χ3n) is 18.4. The molecule has 0 radical (unpaired) electrons. The van der Waals surface area contributed by atoms with Crippen molar-refractivity contribution in [2.45, 2.75) is 414 Å². The summed E-state index contributed by atoms with van der Waals surface area (Å²) in [5, 5.41) is 10.6. The van der Waals surface area contributed by atoms with Crippen LogP contribution in [0.1, 0.15) is 396 Å². The number of hydrogen-bond donors (Lipinski definition) is 3. The molecular formula is C78H152O17P2. The maximum atomic E-state index is 13.1. The zero-order valence-corrected chi connectivity index (χ0v) is 65.5. The Kier molecular flexibility index (Phi) is 65.9. The average molecular weight is 1420 g/mol. The van der Waals surface area contributed by atoms with Crippen molar-refractivity contribution >= 4 is 39.5 Å². The van der Waals surface area contributed by atoms with Crippen LogP contribution in [0.3, 0.4) is 0 Å². The second kappa shape index (κ2) is 67.2. The minimum atomic E-state index is -4.96.